The topological polar surface area (TPSA) is 94.1 Å². The van der Waals surface area contributed by atoms with Crippen molar-refractivity contribution < 1.29 is 10.0 Å². The van der Waals surface area contributed by atoms with Crippen molar-refractivity contribution in [3.05, 3.63) is 51.6 Å². The zero-order chi connectivity index (χ0) is 14.0. The zero-order valence-corrected chi connectivity index (χ0v) is 10.6. The predicted molar refractivity (Wildman–Crippen MR) is 67.6 cm³/mol. The largest absolute Gasteiger partial charge is 0.386 e. The number of nitrogens with zero attached hydrogens (tertiary/aromatic N) is 4. The highest BCUT2D eigenvalue weighted by atomic mass is 16.6. The highest BCUT2D eigenvalue weighted by Crippen LogP contribution is 2.20. The van der Waals surface area contributed by atoms with Gasteiger partial charge in [-0.05, 0) is 19.4 Å². The minimum absolute atomic E-state index is 0.0388. The van der Waals surface area contributed by atoms with Gasteiger partial charge in [-0.15, -0.1) is 0 Å². The number of hydrogen-bond acceptors (Lipinski definition) is 5. The van der Waals surface area contributed by atoms with Crippen LogP contribution < -0.4 is 0 Å². The van der Waals surface area contributed by atoms with Crippen LogP contribution in [0.1, 0.15) is 23.3 Å². The molecule has 2 aromatic rings. The number of nitro groups is 1. The molecular formula is C12H14N4O3. The van der Waals surface area contributed by atoms with Gasteiger partial charge in [0.05, 0.1) is 17.6 Å². The van der Waals surface area contributed by atoms with Crippen molar-refractivity contribution in [2.24, 2.45) is 0 Å². The quantitative estimate of drug-likeness (QED) is 0.666. The third-order valence-corrected chi connectivity index (χ3v) is 2.77. The minimum atomic E-state index is -0.861. The Kier molecular flexibility index (Phi) is 3.57. The van der Waals surface area contributed by atoms with E-state index in [0.29, 0.717) is 17.2 Å². The summed E-state index contributed by atoms with van der Waals surface area (Å²) >= 11 is 0. The van der Waals surface area contributed by atoms with Gasteiger partial charge in [-0.2, -0.15) is 5.10 Å². The van der Waals surface area contributed by atoms with Crippen molar-refractivity contribution in [1.29, 1.82) is 0 Å². The number of aromatic nitrogens is 3. The van der Waals surface area contributed by atoms with Gasteiger partial charge in [0.25, 0.3) is 5.69 Å². The molecule has 2 rings (SSSR count). The maximum atomic E-state index is 10.7. The minimum Gasteiger partial charge on any atom is -0.386 e. The average Bonchev–Trinajstić information content (AvgIpc) is 2.68. The molecule has 0 radical (unpaired) electrons. The molecule has 0 aliphatic carbocycles. The molecule has 7 heteroatoms. The van der Waals surface area contributed by atoms with Crippen LogP contribution in [0, 0.1) is 24.0 Å². The number of non-ortho nitro benzene ring substituents is 1. The Morgan fingerprint density at radius 3 is 2.79 bits per heavy atom. The van der Waals surface area contributed by atoms with Crippen molar-refractivity contribution in [2.45, 2.75) is 26.5 Å². The number of nitro benzene ring substituents is 1. The van der Waals surface area contributed by atoms with E-state index in [0.717, 1.165) is 0 Å². The monoisotopic (exact) mass is 262 g/mol. The van der Waals surface area contributed by atoms with Gasteiger partial charge in [0.15, 0.2) is 0 Å². The van der Waals surface area contributed by atoms with Gasteiger partial charge in [0, 0.05) is 12.1 Å². The summed E-state index contributed by atoms with van der Waals surface area (Å²) in [5.74, 6) is 1.32. The van der Waals surface area contributed by atoms with Gasteiger partial charge >= 0.3 is 0 Å². The van der Waals surface area contributed by atoms with Crippen LogP contribution in [0.4, 0.5) is 5.69 Å². The molecule has 0 aliphatic heterocycles. The van der Waals surface area contributed by atoms with Gasteiger partial charge in [-0.25, -0.2) is 9.67 Å². The Bertz CT molecular complexity index is 609. The summed E-state index contributed by atoms with van der Waals surface area (Å²) in [5.41, 5.74) is 0.449. The van der Waals surface area contributed by atoms with Gasteiger partial charge in [0.2, 0.25) is 0 Å². The number of hydrogen-bond donors (Lipinski definition) is 1. The van der Waals surface area contributed by atoms with E-state index in [2.05, 4.69) is 10.1 Å². The van der Waals surface area contributed by atoms with Crippen molar-refractivity contribution in [2.75, 3.05) is 0 Å². The zero-order valence-electron chi connectivity index (χ0n) is 10.6. The van der Waals surface area contributed by atoms with Crippen LogP contribution in [-0.2, 0) is 6.54 Å². The first-order chi connectivity index (χ1) is 8.97. The second-order valence-electron chi connectivity index (χ2n) is 4.26. The Labute approximate surface area is 109 Å². The maximum absolute atomic E-state index is 10.7. The van der Waals surface area contributed by atoms with Gasteiger partial charge in [-0.1, -0.05) is 12.1 Å². The molecule has 1 aromatic carbocycles. The van der Waals surface area contributed by atoms with E-state index in [-0.39, 0.29) is 12.2 Å². The number of benzene rings is 1. The van der Waals surface area contributed by atoms with Gasteiger partial charge in [0.1, 0.15) is 11.6 Å². The maximum Gasteiger partial charge on any atom is 0.269 e. The first-order valence-electron chi connectivity index (χ1n) is 5.78. The van der Waals surface area contributed by atoms with Crippen LogP contribution in [0.25, 0.3) is 0 Å². The standard InChI is InChI=1S/C12H14N4O3/c1-8-13-9(2)15(14-8)7-12(17)10-4-3-5-11(6-10)16(18)19/h3-6,12,17H,7H2,1-2H3. The van der Waals surface area contributed by atoms with E-state index in [1.165, 1.54) is 12.1 Å². The molecule has 0 bridgehead atoms. The van der Waals surface area contributed by atoms with E-state index in [1.807, 2.05) is 0 Å². The molecule has 0 saturated carbocycles. The molecule has 0 spiro atoms. The van der Waals surface area contributed by atoms with Gasteiger partial charge in [-0.3, -0.25) is 10.1 Å². The highest BCUT2D eigenvalue weighted by Gasteiger charge is 2.14. The average molecular weight is 262 g/mol. The molecule has 19 heavy (non-hydrogen) atoms. The third-order valence-electron chi connectivity index (χ3n) is 2.77. The summed E-state index contributed by atoms with van der Waals surface area (Å²) < 4.78 is 1.58. The number of aliphatic hydroxyl groups excluding tert-OH is 1. The number of aliphatic hydroxyl groups is 1. The lowest BCUT2D eigenvalue weighted by Gasteiger charge is -2.11. The van der Waals surface area contributed by atoms with Crippen molar-refractivity contribution >= 4 is 5.69 Å². The van der Waals surface area contributed by atoms with Gasteiger partial charge < -0.3 is 5.11 Å². The molecule has 1 atom stereocenters. The molecule has 0 aliphatic rings. The molecule has 1 unspecified atom stereocenters. The lowest BCUT2D eigenvalue weighted by atomic mass is 10.1. The first kappa shape index (κ1) is 13.2. The van der Waals surface area contributed by atoms with E-state index < -0.39 is 11.0 Å². The molecule has 1 aromatic heterocycles. The molecule has 100 valence electrons. The van der Waals surface area contributed by atoms with E-state index >= 15 is 0 Å². The fourth-order valence-electron chi connectivity index (χ4n) is 1.85. The predicted octanol–water partition coefficient (Wildman–Crippen LogP) is 1.54. The van der Waals surface area contributed by atoms with E-state index in [9.17, 15) is 15.2 Å². The molecule has 1 heterocycles. The van der Waals surface area contributed by atoms with Crippen LogP contribution in [0.5, 0.6) is 0 Å². The summed E-state index contributed by atoms with van der Waals surface area (Å²) in [6, 6.07) is 5.96. The fourth-order valence-corrected chi connectivity index (χ4v) is 1.85. The van der Waals surface area contributed by atoms with Crippen molar-refractivity contribution in [3.8, 4) is 0 Å². The van der Waals surface area contributed by atoms with Crippen LogP contribution in [0.2, 0.25) is 0 Å². The SMILES string of the molecule is Cc1nc(C)n(CC(O)c2cccc([N+](=O)[O-])c2)n1. The molecule has 0 fully saturated rings. The van der Waals surface area contributed by atoms with Crippen LogP contribution in [0.3, 0.4) is 0 Å². The second kappa shape index (κ2) is 5.15. The molecular weight excluding hydrogens is 248 g/mol. The Morgan fingerprint density at radius 1 is 1.47 bits per heavy atom. The Balaban J connectivity index is 2.20. The lowest BCUT2D eigenvalue weighted by molar-refractivity contribution is -0.385. The molecule has 7 nitrogen and oxygen atoms in total. The molecule has 1 N–H and O–H groups in total. The highest BCUT2D eigenvalue weighted by molar-refractivity contribution is 5.35. The molecule has 0 saturated heterocycles. The molecule has 0 amide bonds. The van der Waals surface area contributed by atoms with Crippen LogP contribution in [0.15, 0.2) is 24.3 Å². The summed E-state index contributed by atoms with van der Waals surface area (Å²) in [4.78, 5) is 14.3. The number of aryl methyl sites for hydroxylation is 2. The van der Waals surface area contributed by atoms with Crippen LogP contribution in [-0.4, -0.2) is 24.8 Å². The van der Waals surface area contributed by atoms with Crippen molar-refractivity contribution in [1.82, 2.24) is 14.8 Å². The summed E-state index contributed by atoms with van der Waals surface area (Å²) in [6.07, 6.45) is -0.861. The smallest absolute Gasteiger partial charge is 0.269 e. The first-order valence-corrected chi connectivity index (χ1v) is 5.78. The Hall–Kier alpha value is -2.28. The summed E-state index contributed by atoms with van der Waals surface area (Å²) in [5, 5.41) is 24.9. The third kappa shape index (κ3) is 2.94. The second-order valence-corrected chi connectivity index (χ2v) is 4.26. The number of rotatable bonds is 4. The normalized spacial score (nSPS) is 12.4. The Morgan fingerprint density at radius 2 is 2.21 bits per heavy atom. The van der Waals surface area contributed by atoms with E-state index in [1.54, 1.807) is 30.7 Å². The lowest BCUT2D eigenvalue weighted by Crippen LogP contribution is -2.11. The van der Waals surface area contributed by atoms with Crippen molar-refractivity contribution in [3.63, 3.8) is 0 Å². The summed E-state index contributed by atoms with van der Waals surface area (Å²) in [6.45, 7) is 3.78. The summed E-state index contributed by atoms with van der Waals surface area (Å²) in [7, 11) is 0. The van der Waals surface area contributed by atoms with Crippen LogP contribution >= 0.6 is 0 Å². The fraction of sp³-hybridized carbons (Fsp3) is 0.333. The van der Waals surface area contributed by atoms with E-state index in [4.69, 9.17) is 0 Å².